The van der Waals surface area contributed by atoms with Crippen molar-refractivity contribution in [1.82, 2.24) is 5.32 Å². The molecule has 1 atom stereocenters. The topological polar surface area (TPSA) is 64.3 Å². The summed E-state index contributed by atoms with van der Waals surface area (Å²) in [4.78, 5) is 12.1. The second-order valence-electron chi connectivity index (χ2n) is 4.98. The molecule has 21 heavy (non-hydrogen) atoms. The number of benzene rings is 1. The van der Waals surface area contributed by atoms with Crippen LogP contribution in [-0.2, 0) is 4.74 Å². The quantitative estimate of drug-likeness (QED) is 0.809. The number of ether oxygens (including phenoxy) is 1. The van der Waals surface area contributed by atoms with Gasteiger partial charge in [0, 0.05) is 12.7 Å². The molecule has 0 saturated carbocycles. The fourth-order valence-electron chi connectivity index (χ4n) is 1.76. The molecule has 1 amide bonds. The van der Waals surface area contributed by atoms with Crippen LogP contribution in [0.3, 0.4) is 0 Å². The molecule has 1 aromatic rings. The van der Waals surface area contributed by atoms with E-state index in [0.29, 0.717) is 12.2 Å². The van der Waals surface area contributed by atoms with E-state index < -0.39 is 11.7 Å². The smallest absolute Gasteiger partial charge is 0.254 e. The number of nitrogens with two attached hydrogens (primary N) is 1. The van der Waals surface area contributed by atoms with Crippen LogP contribution < -0.4 is 11.1 Å². The summed E-state index contributed by atoms with van der Waals surface area (Å²) in [5, 5.41) is 2.78. The molecule has 0 aliphatic carbocycles. The van der Waals surface area contributed by atoms with Gasteiger partial charge in [-0.25, -0.2) is 4.39 Å². The van der Waals surface area contributed by atoms with Gasteiger partial charge in [-0.05, 0) is 24.1 Å². The van der Waals surface area contributed by atoms with Crippen LogP contribution in [0.15, 0.2) is 18.2 Å². The maximum absolute atomic E-state index is 14.0. The summed E-state index contributed by atoms with van der Waals surface area (Å²) < 4.78 is 19.0. The van der Waals surface area contributed by atoms with Crippen molar-refractivity contribution in [2.24, 2.45) is 11.7 Å². The SMILES string of the molecule is COCC(NC(=O)c1ccc(C#CCN)cc1F)C(C)C. The third kappa shape index (κ3) is 5.18. The number of hydrogen-bond acceptors (Lipinski definition) is 3. The van der Waals surface area contributed by atoms with Crippen LogP contribution >= 0.6 is 0 Å². The Kier molecular flexibility index (Phi) is 6.86. The molecule has 0 saturated heterocycles. The fourth-order valence-corrected chi connectivity index (χ4v) is 1.76. The maximum atomic E-state index is 14.0. The van der Waals surface area contributed by atoms with Crippen molar-refractivity contribution in [2.75, 3.05) is 20.3 Å². The minimum Gasteiger partial charge on any atom is -0.383 e. The molecule has 1 aromatic carbocycles. The number of amides is 1. The summed E-state index contributed by atoms with van der Waals surface area (Å²) >= 11 is 0. The highest BCUT2D eigenvalue weighted by atomic mass is 19.1. The molecule has 0 radical (unpaired) electrons. The van der Waals surface area contributed by atoms with Gasteiger partial charge in [0.25, 0.3) is 5.91 Å². The van der Waals surface area contributed by atoms with Crippen LogP contribution in [-0.4, -0.2) is 32.2 Å². The number of hydrogen-bond donors (Lipinski definition) is 2. The van der Waals surface area contributed by atoms with Gasteiger partial charge in [-0.1, -0.05) is 25.7 Å². The largest absolute Gasteiger partial charge is 0.383 e. The molecule has 0 fully saturated rings. The molecule has 5 heteroatoms. The first kappa shape index (κ1) is 17.2. The molecule has 0 aliphatic rings. The van der Waals surface area contributed by atoms with Crippen LogP contribution in [0, 0.1) is 23.6 Å². The molecule has 114 valence electrons. The van der Waals surface area contributed by atoms with Crippen molar-refractivity contribution >= 4 is 5.91 Å². The maximum Gasteiger partial charge on any atom is 0.254 e. The van der Waals surface area contributed by atoms with E-state index in [1.165, 1.54) is 12.1 Å². The highest BCUT2D eigenvalue weighted by molar-refractivity contribution is 5.94. The van der Waals surface area contributed by atoms with Gasteiger partial charge in [0.2, 0.25) is 0 Å². The monoisotopic (exact) mass is 292 g/mol. The van der Waals surface area contributed by atoms with Gasteiger partial charge in [-0.3, -0.25) is 4.79 Å². The van der Waals surface area contributed by atoms with Gasteiger partial charge in [0.05, 0.1) is 24.8 Å². The highest BCUT2D eigenvalue weighted by Crippen LogP contribution is 2.11. The van der Waals surface area contributed by atoms with E-state index in [0.717, 1.165) is 0 Å². The average molecular weight is 292 g/mol. The fraction of sp³-hybridized carbons (Fsp3) is 0.438. The minimum atomic E-state index is -0.601. The predicted molar refractivity (Wildman–Crippen MR) is 80.3 cm³/mol. The van der Waals surface area contributed by atoms with Gasteiger partial charge in [0.15, 0.2) is 0 Å². The molecule has 1 rings (SSSR count). The summed E-state index contributed by atoms with van der Waals surface area (Å²) in [6.07, 6.45) is 0. The first-order valence-electron chi connectivity index (χ1n) is 6.77. The molecule has 0 aliphatic heterocycles. The zero-order chi connectivity index (χ0) is 15.8. The summed E-state index contributed by atoms with van der Waals surface area (Å²) in [6.45, 7) is 4.51. The van der Waals surface area contributed by atoms with Crippen molar-refractivity contribution in [3.05, 3.63) is 35.1 Å². The molecule has 3 N–H and O–H groups in total. The molecular weight excluding hydrogens is 271 g/mol. The molecule has 0 spiro atoms. The number of carbonyl (C=O) groups is 1. The zero-order valence-corrected chi connectivity index (χ0v) is 12.6. The predicted octanol–water partition coefficient (Wildman–Crippen LogP) is 1.54. The van der Waals surface area contributed by atoms with E-state index in [2.05, 4.69) is 17.2 Å². The normalized spacial score (nSPS) is 11.7. The van der Waals surface area contributed by atoms with Crippen LogP contribution in [0.25, 0.3) is 0 Å². The molecule has 0 heterocycles. The summed E-state index contributed by atoms with van der Waals surface area (Å²) in [5.74, 6) is 4.49. The Labute approximate surface area is 124 Å². The Morgan fingerprint density at radius 3 is 2.71 bits per heavy atom. The Hall–Kier alpha value is -1.90. The average Bonchev–Trinajstić information content (AvgIpc) is 2.44. The number of carbonyl (C=O) groups excluding carboxylic acids is 1. The first-order chi connectivity index (χ1) is 9.99. The second kappa shape index (κ2) is 8.40. The van der Waals surface area contributed by atoms with E-state index in [4.69, 9.17) is 10.5 Å². The minimum absolute atomic E-state index is 0.00458. The summed E-state index contributed by atoms with van der Waals surface area (Å²) in [5.41, 5.74) is 5.75. The lowest BCUT2D eigenvalue weighted by Crippen LogP contribution is -2.41. The molecule has 0 bridgehead atoms. The first-order valence-corrected chi connectivity index (χ1v) is 6.77. The Bertz CT molecular complexity index is 547. The number of rotatable bonds is 5. The number of nitrogens with one attached hydrogen (secondary N) is 1. The van der Waals surface area contributed by atoms with Crippen molar-refractivity contribution < 1.29 is 13.9 Å². The van der Waals surface area contributed by atoms with Crippen LogP contribution in [0.4, 0.5) is 4.39 Å². The van der Waals surface area contributed by atoms with E-state index in [9.17, 15) is 9.18 Å². The molecule has 4 nitrogen and oxygen atoms in total. The lowest BCUT2D eigenvalue weighted by Gasteiger charge is -2.21. The third-order valence-electron chi connectivity index (χ3n) is 3.02. The molecular formula is C16H21FN2O2. The van der Waals surface area contributed by atoms with Gasteiger partial charge < -0.3 is 15.8 Å². The lowest BCUT2D eigenvalue weighted by molar-refractivity contribution is 0.0862. The Morgan fingerprint density at radius 2 is 2.19 bits per heavy atom. The Balaban J connectivity index is 2.87. The van der Waals surface area contributed by atoms with Gasteiger partial charge in [-0.2, -0.15) is 0 Å². The van der Waals surface area contributed by atoms with E-state index >= 15 is 0 Å². The third-order valence-corrected chi connectivity index (χ3v) is 3.02. The van der Waals surface area contributed by atoms with Crippen molar-refractivity contribution in [3.63, 3.8) is 0 Å². The van der Waals surface area contributed by atoms with Crippen molar-refractivity contribution in [3.8, 4) is 11.8 Å². The Morgan fingerprint density at radius 1 is 1.48 bits per heavy atom. The van der Waals surface area contributed by atoms with Gasteiger partial charge in [-0.15, -0.1) is 0 Å². The second-order valence-corrected chi connectivity index (χ2v) is 4.98. The summed E-state index contributed by atoms with van der Waals surface area (Å²) in [7, 11) is 1.56. The highest BCUT2D eigenvalue weighted by Gasteiger charge is 2.19. The number of methoxy groups -OCH3 is 1. The summed E-state index contributed by atoms with van der Waals surface area (Å²) in [6, 6.07) is 4.09. The van der Waals surface area contributed by atoms with Crippen molar-refractivity contribution in [1.29, 1.82) is 0 Å². The molecule has 0 aromatic heterocycles. The van der Waals surface area contributed by atoms with Gasteiger partial charge >= 0.3 is 0 Å². The van der Waals surface area contributed by atoms with Crippen LogP contribution in [0.1, 0.15) is 29.8 Å². The molecule has 1 unspecified atom stereocenters. The zero-order valence-electron chi connectivity index (χ0n) is 12.6. The van der Waals surface area contributed by atoms with Crippen LogP contribution in [0.5, 0.6) is 0 Å². The van der Waals surface area contributed by atoms with Gasteiger partial charge in [0.1, 0.15) is 5.82 Å². The van der Waals surface area contributed by atoms with E-state index in [1.807, 2.05) is 13.8 Å². The van der Waals surface area contributed by atoms with Crippen LogP contribution in [0.2, 0.25) is 0 Å². The van der Waals surface area contributed by atoms with E-state index in [-0.39, 0.29) is 24.1 Å². The standard InChI is InChI=1S/C16H21FN2O2/c1-11(2)15(10-21-3)19-16(20)13-7-6-12(5-4-8-18)9-14(13)17/h6-7,9,11,15H,8,10,18H2,1-3H3,(H,19,20). The van der Waals surface area contributed by atoms with Crippen molar-refractivity contribution in [2.45, 2.75) is 19.9 Å². The van der Waals surface area contributed by atoms with E-state index in [1.54, 1.807) is 13.2 Å². The number of halogens is 1. The lowest BCUT2D eigenvalue weighted by atomic mass is 10.0.